The average molecular weight is 492 g/mol. The van der Waals surface area contributed by atoms with Gasteiger partial charge in [0, 0.05) is 11.4 Å². The highest BCUT2D eigenvalue weighted by atomic mass is 32.2. The molecule has 0 aliphatic carbocycles. The number of hydrogen-bond donors (Lipinski definition) is 2. The van der Waals surface area contributed by atoms with Gasteiger partial charge in [-0.05, 0) is 55.8 Å². The summed E-state index contributed by atoms with van der Waals surface area (Å²) in [5, 5.41) is 20.8. The van der Waals surface area contributed by atoms with Gasteiger partial charge in [0.25, 0.3) is 0 Å². The third kappa shape index (κ3) is 4.56. The Morgan fingerprint density at radius 2 is 1.91 bits per heavy atom. The molecule has 2 aromatic carbocycles. The number of amides is 1. The first kappa shape index (κ1) is 23.8. The van der Waals surface area contributed by atoms with E-state index in [0.29, 0.717) is 17.1 Å². The quantitative estimate of drug-likeness (QED) is 0.298. The van der Waals surface area contributed by atoms with Crippen molar-refractivity contribution in [2.45, 2.75) is 19.0 Å². The summed E-state index contributed by atoms with van der Waals surface area (Å²) in [7, 11) is 1.58. The Hall–Kier alpha value is -4.30. The second-order valence-electron chi connectivity index (χ2n) is 7.57. The predicted octanol–water partition coefficient (Wildman–Crippen LogP) is 3.82. The zero-order chi connectivity index (χ0) is 25.1. The molecule has 2 aromatic heterocycles. The van der Waals surface area contributed by atoms with E-state index in [0.717, 1.165) is 33.4 Å². The first-order valence-electron chi connectivity index (χ1n) is 10.5. The van der Waals surface area contributed by atoms with Gasteiger partial charge in [0.2, 0.25) is 11.1 Å². The zero-order valence-electron chi connectivity index (χ0n) is 19.2. The molecule has 0 fully saturated rings. The number of nitrogen functional groups attached to an aromatic ring is 1. The van der Waals surface area contributed by atoms with Crippen LogP contribution in [0, 0.1) is 31.0 Å². The summed E-state index contributed by atoms with van der Waals surface area (Å²) in [6.45, 7) is 3.71. The molecule has 11 heteroatoms. The molecule has 0 aliphatic rings. The molecule has 3 N–H and O–H groups in total. The summed E-state index contributed by atoms with van der Waals surface area (Å²) < 4.78 is 22.3. The number of nitrogens with zero attached hydrogens (tertiary/aromatic N) is 5. The molecule has 35 heavy (non-hydrogen) atoms. The van der Waals surface area contributed by atoms with E-state index in [9.17, 15) is 14.4 Å². The monoisotopic (exact) mass is 491 g/mol. The van der Waals surface area contributed by atoms with Crippen molar-refractivity contribution in [1.82, 2.24) is 19.4 Å². The van der Waals surface area contributed by atoms with Crippen LogP contribution >= 0.6 is 11.8 Å². The minimum absolute atomic E-state index is 0.0522. The number of carbonyl (C=O) groups excluding carboxylic acids is 1. The lowest BCUT2D eigenvalue weighted by Crippen LogP contribution is -2.19. The van der Waals surface area contributed by atoms with Gasteiger partial charge in [-0.1, -0.05) is 23.9 Å². The predicted molar refractivity (Wildman–Crippen MR) is 131 cm³/mol. The molecule has 0 saturated carbocycles. The van der Waals surface area contributed by atoms with Gasteiger partial charge in [-0.25, -0.2) is 9.07 Å². The first-order chi connectivity index (χ1) is 16.8. The number of nitrogens with two attached hydrogens (primary N) is 1. The SMILES string of the molecule is COc1ccc(-n2c(C)c(C)c(C#N)c2NC(=O)CSc2nnc(-c3ccccc3F)n2N)cc1. The topological polar surface area (TPSA) is 124 Å². The van der Waals surface area contributed by atoms with Gasteiger partial charge in [-0.2, -0.15) is 5.26 Å². The molecule has 0 unspecified atom stereocenters. The van der Waals surface area contributed by atoms with Crippen molar-refractivity contribution in [2.24, 2.45) is 0 Å². The minimum atomic E-state index is -0.477. The fraction of sp³-hybridized carbons (Fsp3) is 0.167. The van der Waals surface area contributed by atoms with Crippen molar-refractivity contribution >= 4 is 23.5 Å². The number of nitrogens with one attached hydrogen (secondary N) is 1. The van der Waals surface area contributed by atoms with Crippen LogP contribution in [0.3, 0.4) is 0 Å². The molecule has 0 aliphatic heterocycles. The number of halogens is 1. The number of hydrogen-bond acceptors (Lipinski definition) is 7. The Balaban J connectivity index is 1.56. The Labute approximate surface area is 205 Å². The van der Waals surface area contributed by atoms with Crippen LogP contribution in [0.15, 0.2) is 53.7 Å². The van der Waals surface area contributed by atoms with Crippen LogP contribution < -0.4 is 15.9 Å². The summed E-state index contributed by atoms with van der Waals surface area (Å²) in [5.74, 6) is 6.37. The Morgan fingerprint density at radius 3 is 2.57 bits per heavy atom. The van der Waals surface area contributed by atoms with E-state index in [1.807, 2.05) is 30.5 Å². The number of aromatic nitrogens is 4. The number of ether oxygens (including phenoxy) is 1. The summed E-state index contributed by atoms with van der Waals surface area (Å²) in [6.07, 6.45) is 0. The number of anilines is 1. The molecule has 0 atom stereocenters. The number of nitriles is 1. The van der Waals surface area contributed by atoms with Crippen molar-refractivity contribution in [3.8, 4) is 28.9 Å². The highest BCUT2D eigenvalue weighted by Crippen LogP contribution is 2.31. The van der Waals surface area contributed by atoms with E-state index in [4.69, 9.17) is 10.6 Å². The first-order valence-corrected chi connectivity index (χ1v) is 11.5. The molecule has 9 nitrogen and oxygen atoms in total. The maximum absolute atomic E-state index is 14.1. The molecule has 0 spiro atoms. The average Bonchev–Trinajstić information content (AvgIpc) is 3.34. The van der Waals surface area contributed by atoms with Crippen molar-refractivity contribution in [2.75, 3.05) is 24.0 Å². The Bertz CT molecular complexity index is 1440. The number of benzene rings is 2. The van der Waals surface area contributed by atoms with E-state index in [2.05, 4.69) is 21.6 Å². The second-order valence-corrected chi connectivity index (χ2v) is 8.51. The third-order valence-electron chi connectivity index (χ3n) is 5.53. The molecule has 0 bridgehead atoms. The Kier molecular flexibility index (Phi) is 6.75. The van der Waals surface area contributed by atoms with Crippen LogP contribution in [0.4, 0.5) is 10.2 Å². The lowest BCUT2D eigenvalue weighted by molar-refractivity contribution is -0.113. The maximum atomic E-state index is 14.1. The fourth-order valence-electron chi connectivity index (χ4n) is 3.61. The van der Waals surface area contributed by atoms with E-state index in [1.54, 1.807) is 37.4 Å². The van der Waals surface area contributed by atoms with Crippen LogP contribution in [-0.4, -0.2) is 38.2 Å². The van der Waals surface area contributed by atoms with Crippen LogP contribution in [0.2, 0.25) is 0 Å². The van der Waals surface area contributed by atoms with Crippen LogP contribution in [0.25, 0.3) is 17.1 Å². The minimum Gasteiger partial charge on any atom is -0.497 e. The van der Waals surface area contributed by atoms with E-state index in [-0.39, 0.29) is 28.2 Å². The zero-order valence-corrected chi connectivity index (χ0v) is 20.1. The standard InChI is InChI=1S/C24H22FN7O2S/c1-14-15(2)31(16-8-10-17(34-3)11-9-16)22(19(14)12-26)28-21(33)13-35-24-30-29-23(32(24)27)18-6-4-5-7-20(18)25/h4-11H,13,27H2,1-3H3,(H,28,33). The van der Waals surface area contributed by atoms with Gasteiger partial charge in [-0.3, -0.25) is 9.36 Å². The molecule has 1 amide bonds. The van der Waals surface area contributed by atoms with Crippen LogP contribution in [-0.2, 0) is 4.79 Å². The van der Waals surface area contributed by atoms with Gasteiger partial charge in [-0.15, -0.1) is 10.2 Å². The molecule has 4 rings (SSSR count). The normalized spacial score (nSPS) is 10.7. The molecule has 2 heterocycles. The second kappa shape index (κ2) is 9.90. The summed E-state index contributed by atoms with van der Waals surface area (Å²) in [4.78, 5) is 12.9. The van der Waals surface area contributed by atoms with Crippen molar-refractivity contribution < 1.29 is 13.9 Å². The molecule has 178 valence electrons. The maximum Gasteiger partial charge on any atom is 0.236 e. The van der Waals surface area contributed by atoms with Crippen molar-refractivity contribution in [3.63, 3.8) is 0 Å². The lowest BCUT2D eigenvalue weighted by atomic mass is 10.2. The van der Waals surface area contributed by atoms with E-state index < -0.39 is 5.82 Å². The molecule has 0 radical (unpaired) electrons. The van der Waals surface area contributed by atoms with E-state index in [1.165, 1.54) is 6.07 Å². The summed E-state index contributed by atoms with van der Waals surface area (Å²) in [6, 6.07) is 15.6. The third-order valence-corrected chi connectivity index (χ3v) is 6.47. The van der Waals surface area contributed by atoms with E-state index >= 15 is 0 Å². The number of methoxy groups -OCH3 is 1. The molecular weight excluding hydrogens is 469 g/mol. The fourth-order valence-corrected chi connectivity index (χ4v) is 4.27. The number of rotatable bonds is 7. The number of thioether (sulfide) groups is 1. The largest absolute Gasteiger partial charge is 0.497 e. The highest BCUT2D eigenvalue weighted by Gasteiger charge is 2.22. The van der Waals surface area contributed by atoms with Crippen LogP contribution in [0.1, 0.15) is 16.8 Å². The van der Waals surface area contributed by atoms with Gasteiger partial charge >= 0.3 is 0 Å². The van der Waals surface area contributed by atoms with Crippen LogP contribution in [0.5, 0.6) is 5.75 Å². The van der Waals surface area contributed by atoms with Gasteiger partial charge in [0.15, 0.2) is 5.82 Å². The highest BCUT2D eigenvalue weighted by molar-refractivity contribution is 7.99. The molecular formula is C24H22FN7O2S. The number of carbonyl (C=O) groups is 1. The smallest absolute Gasteiger partial charge is 0.236 e. The van der Waals surface area contributed by atoms with Crippen molar-refractivity contribution in [1.29, 1.82) is 5.26 Å². The summed E-state index contributed by atoms with van der Waals surface area (Å²) >= 11 is 1.05. The van der Waals surface area contributed by atoms with Gasteiger partial charge in [0.1, 0.15) is 23.5 Å². The van der Waals surface area contributed by atoms with Gasteiger partial charge in [0.05, 0.1) is 24.0 Å². The Morgan fingerprint density at radius 1 is 1.20 bits per heavy atom. The molecule has 4 aromatic rings. The lowest BCUT2D eigenvalue weighted by Gasteiger charge is -2.13. The molecule has 0 saturated heterocycles. The summed E-state index contributed by atoms with van der Waals surface area (Å²) in [5.41, 5.74) is 2.95. The van der Waals surface area contributed by atoms with Crippen molar-refractivity contribution in [3.05, 3.63) is 71.2 Å². The van der Waals surface area contributed by atoms with Gasteiger partial charge < -0.3 is 15.9 Å².